The molecule has 0 aliphatic carbocycles. The van der Waals surface area contributed by atoms with Gasteiger partial charge in [-0.25, -0.2) is 4.98 Å². The van der Waals surface area contributed by atoms with Gasteiger partial charge in [0.1, 0.15) is 24.1 Å². The van der Waals surface area contributed by atoms with Crippen molar-refractivity contribution >= 4 is 46.7 Å². The van der Waals surface area contributed by atoms with E-state index in [0.717, 1.165) is 32.2 Å². The van der Waals surface area contributed by atoms with Crippen LogP contribution in [0, 0.1) is 5.41 Å². The molecular weight excluding hydrogens is 570 g/mol. The number of anilines is 2. The molecule has 5 N–H and O–H groups in total. The van der Waals surface area contributed by atoms with Gasteiger partial charge in [0.25, 0.3) is 11.8 Å². The number of aromatic nitrogens is 1. The zero-order chi connectivity index (χ0) is 31.2. The monoisotopic (exact) mass is 607 g/mol. The highest BCUT2D eigenvalue weighted by Crippen LogP contribution is 2.24. The van der Waals surface area contributed by atoms with Crippen molar-refractivity contribution in [3.8, 4) is 5.75 Å². The van der Waals surface area contributed by atoms with Gasteiger partial charge >= 0.3 is 0 Å². The molecule has 228 valence electrons. The Hall–Kier alpha value is -4.48. The van der Waals surface area contributed by atoms with Gasteiger partial charge in [0, 0.05) is 44.9 Å². The molecule has 0 spiro atoms. The number of unbranched alkanes of at least 4 members (excludes halogenated alkanes) is 3. The van der Waals surface area contributed by atoms with Crippen LogP contribution in [0.3, 0.4) is 0 Å². The van der Waals surface area contributed by atoms with Crippen molar-refractivity contribution < 1.29 is 19.1 Å². The summed E-state index contributed by atoms with van der Waals surface area (Å²) in [5.74, 6) is 0.166. The third-order valence-corrected chi connectivity index (χ3v) is 6.54. The highest BCUT2D eigenvalue weighted by atomic mass is 35.5. The van der Waals surface area contributed by atoms with Gasteiger partial charge in [-0.2, -0.15) is 0 Å². The number of hydrogen-bond donors (Lipinski definition) is 5. The second kappa shape index (κ2) is 16.8. The molecule has 0 unspecified atom stereocenters. The van der Waals surface area contributed by atoms with Crippen LogP contribution in [0.2, 0.25) is 5.02 Å². The number of amides is 3. The fraction of sp³-hybridized carbons (Fsp3) is 0.323. The van der Waals surface area contributed by atoms with Gasteiger partial charge < -0.3 is 25.6 Å². The Balaban J connectivity index is 1.64. The first-order valence-electron chi connectivity index (χ1n) is 14.0. The van der Waals surface area contributed by atoms with E-state index in [4.69, 9.17) is 21.7 Å². The van der Waals surface area contributed by atoms with Gasteiger partial charge in [0.2, 0.25) is 5.91 Å². The molecule has 1 aromatic heterocycles. The predicted octanol–water partition coefficient (Wildman–Crippen LogP) is 4.75. The highest BCUT2D eigenvalue weighted by Gasteiger charge is 2.17. The number of pyridine rings is 1. The molecule has 3 rings (SSSR count). The van der Waals surface area contributed by atoms with Crippen LogP contribution in [-0.2, 0) is 4.79 Å². The summed E-state index contributed by atoms with van der Waals surface area (Å²) < 4.78 is 5.83. The van der Waals surface area contributed by atoms with Crippen LogP contribution in [0.25, 0.3) is 0 Å². The number of carbonyl (C=O) groups is 3. The smallest absolute Gasteiger partial charge is 0.259 e. The SMILES string of the molecule is CC(=O)NCCCCCCNCOc1ccc(NC(=O)c2ccc(C(=N)N(C)C)cc2)c(C(=O)Nc2ccc(Cl)cn2)c1. The minimum absolute atomic E-state index is 0.00946. The summed E-state index contributed by atoms with van der Waals surface area (Å²) >= 11 is 5.92. The number of nitrogens with zero attached hydrogens (tertiary/aromatic N) is 2. The zero-order valence-corrected chi connectivity index (χ0v) is 25.4. The lowest BCUT2D eigenvalue weighted by Gasteiger charge is -2.15. The van der Waals surface area contributed by atoms with Crippen molar-refractivity contribution in [1.29, 1.82) is 5.41 Å². The molecule has 1 heterocycles. The molecule has 3 amide bonds. The van der Waals surface area contributed by atoms with E-state index in [1.165, 1.54) is 13.1 Å². The zero-order valence-electron chi connectivity index (χ0n) is 24.6. The Bertz CT molecular complexity index is 1400. The minimum Gasteiger partial charge on any atom is -0.478 e. The third-order valence-electron chi connectivity index (χ3n) is 6.32. The summed E-state index contributed by atoms with van der Waals surface area (Å²) in [6, 6.07) is 14.7. The van der Waals surface area contributed by atoms with Crippen molar-refractivity contribution in [1.82, 2.24) is 20.5 Å². The fourth-order valence-electron chi connectivity index (χ4n) is 3.98. The summed E-state index contributed by atoms with van der Waals surface area (Å²) in [5.41, 5.74) is 1.53. The number of benzene rings is 2. The maximum Gasteiger partial charge on any atom is 0.259 e. The van der Waals surface area contributed by atoms with Crippen LogP contribution in [0.5, 0.6) is 5.75 Å². The van der Waals surface area contributed by atoms with Crippen LogP contribution in [0.15, 0.2) is 60.8 Å². The molecule has 43 heavy (non-hydrogen) atoms. The topological polar surface area (TPSA) is 149 Å². The summed E-state index contributed by atoms with van der Waals surface area (Å²) in [6.45, 7) is 3.21. The number of nitrogens with one attached hydrogen (secondary N) is 5. The van der Waals surface area contributed by atoms with E-state index in [0.29, 0.717) is 45.8 Å². The van der Waals surface area contributed by atoms with Crippen molar-refractivity contribution in [3.63, 3.8) is 0 Å². The average molecular weight is 608 g/mol. The Morgan fingerprint density at radius 2 is 1.58 bits per heavy atom. The molecule has 12 heteroatoms. The number of ether oxygens (including phenoxy) is 1. The Morgan fingerprint density at radius 3 is 2.23 bits per heavy atom. The molecule has 0 saturated heterocycles. The van der Waals surface area contributed by atoms with Crippen LogP contribution in [0.4, 0.5) is 11.5 Å². The van der Waals surface area contributed by atoms with E-state index in [1.807, 2.05) is 0 Å². The number of amidine groups is 1. The molecular formula is C31H38ClN7O4. The predicted molar refractivity (Wildman–Crippen MR) is 169 cm³/mol. The maximum atomic E-state index is 13.3. The second-order valence-corrected chi connectivity index (χ2v) is 10.4. The molecule has 0 atom stereocenters. The van der Waals surface area contributed by atoms with Crippen molar-refractivity contribution in [2.45, 2.75) is 32.6 Å². The standard InChI is InChI=1S/C31H38ClN7O4/c1-21(40)35-17-7-5-4-6-16-34-20-43-25-13-14-27(26(18-25)31(42)38-28-15-12-24(32)19-36-28)37-30(41)23-10-8-22(9-11-23)29(33)39(2)3/h8-15,18-19,33-34H,4-7,16-17,20H2,1-3H3,(H,35,40)(H,37,41)(H,36,38,42). The molecule has 0 aliphatic heterocycles. The quantitative estimate of drug-likeness (QED) is 0.0724. The third kappa shape index (κ3) is 11.0. The van der Waals surface area contributed by atoms with E-state index >= 15 is 0 Å². The first kappa shape index (κ1) is 33.0. The molecule has 11 nitrogen and oxygen atoms in total. The lowest BCUT2D eigenvalue weighted by atomic mass is 10.1. The van der Waals surface area contributed by atoms with E-state index in [1.54, 1.807) is 73.6 Å². The number of hydrogen-bond acceptors (Lipinski definition) is 7. The highest BCUT2D eigenvalue weighted by molar-refractivity contribution is 6.30. The normalized spacial score (nSPS) is 10.5. The molecule has 0 bridgehead atoms. The van der Waals surface area contributed by atoms with E-state index < -0.39 is 11.8 Å². The van der Waals surface area contributed by atoms with Gasteiger partial charge in [0.05, 0.1) is 16.3 Å². The van der Waals surface area contributed by atoms with E-state index in [-0.39, 0.29) is 18.2 Å². The molecule has 3 aromatic rings. The lowest BCUT2D eigenvalue weighted by Crippen LogP contribution is -2.23. The van der Waals surface area contributed by atoms with Gasteiger partial charge in [-0.05, 0) is 61.9 Å². The van der Waals surface area contributed by atoms with Gasteiger partial charge in [-0.1, -0.05) is 36.6 Å². The van der Waals surface area contributed by atoms with Crippen LogP contribution in [-0.4, -0.2) is 67.4 Å². The van der Waals surface area contributed by atoms with E-state index in [9.17, 15) is 14.4 Å². The van der Waals surface area contributed by atoms with Gasteiger partial charge in [-0.3, -0.25) is 25.1 Å². The fourth-order valence-corrected chi connectivity index (χ4v) is 4.09. The van der Waals surface area contributed by atoms with Crippen LogP contribution in [0.1, 0.15) is 58.9 Å². The minimum atomic E-state index is -0.488. The summed E-state index contributed by atoms with van der Waals surface area (Å²) in [7, 11) is 3.55. The molecule has 0 fully saturated rings. The first-order chi connectivity index (χ1) is 20.6. The Labute approximate surface area is 256 Å². The lowest BCUT2D eigenvalue weighted by molar-refractivity contribution is -0.118. The second-order valence-electron chi connectivity index (χ2n) is 9.98. The maximum absolute atomic E-state index is 13.3. The average Bonchev–Trinajstić information content (AvgIpc) is 2.99. The van der Waals surface area contributed by atoms with Crippen LogP contribution >= 0.6 is 11.6 Å². The van der Waals surface area contributed by atoms with E-state index in [2.05, 4.69) is 26.3 Å². The summed E-state index contributed by atoms with van der Waals surface area (Å²) in [4.78, 5) is 43.0. The Morgan fingerprint density at radius 1 is 0.884 bits per heavy atom. The van der Waals surface area contributed by atoms with Gasteiger partial charge in [0.15, 0.2) is 0 Å². The largest absolute Gasteiger partial charge is 0.478 e. The molecule has 0 aliphatic rings. The molecule has 0 radical (unpaired) electrons. The number of rotatable bonds is 15. The van der Waals surface area contributed by atoms with Crippen molar-refractivity contribution in [3.05, 3.63) is 82.5 Å². The number of carbonyl (C=O) groups excluding carboxylic acids is 3. The molecule has 0 saturated carbocycles. The van der Waals surface area contributed by atoms with Crippen molar-refractivity contribution in [2.24, 2.45) is 0 Å². The summed E-state index contributed by atoms with van der Waals surface area (Å²) in [6.07, 6.45) is 5.40. The Kier molecular flexibility index (Phi) is 12.9. The van der Waals surface area contributed by atoms with Crippen LogP contribution < -0.4 is 26.0 Å². The number of halogens is 1. The summed E-state index contributed by atoms with van der Waals surface area (Å²) in [5, 5.41) is 20.1. The van der Waals surface area contributed by atoms with Gasteiger partial charge in [-0.15, -0.1) is 0 Å². The van der Waals surface area contributed by atoms with Crippen molar-refractivity contribution in [2.75, 3.05) is 44.5 Å². The molecule has 2 aromatic carbocycles. The first-order valence-corrected chi connectivity index (χ1v) is 14.3.